The van der Waals surface area contributed by atoms with Gasteiger partial charge in [0.25, 0.3) is 0 Å². The lowest BCUT2D eigenvalue weighted by Crippen LogP contribution is -2.00. The number of Topliss-reactive ketones (excluding diaryl/α,β-unsaturated/α-hetero) is 1. The smallest absolute Gasteiger partial charge is 0.161 e. The van der Waals surface area contributed by atoms with Gasteiger partial charge >= 0.3 is 0 Å². The number of hydrogen-bond donors (Lipinski definition) is 1. The predicted octanol–water partition coefficient (Wildman–Crippen LogP) is 2.24. The summed E-state index contributed by atoms with van der Waals surface area (Å²) in [5.74, 6) is -0.131. The fourth-order valence-electron chi connectivity index (χ4n) is 0.835. The highest BCUT2D eigenvalue weighted by atomic mass is 16.3. The van der Waals surface area contributed by atoms with Gasteiger partial charge in [-0.25, -0.2) is 0 Å². The molecule has 0 aromatic carbocycles. The van der Waals surface area contributed by atoms with E-state index in [9.17, 15) is 4.79 Å². The van der Waals surface area contributed by atoms with E-state index in [0.717, 1.165) is 12.8 Å². The molecule has 0 aliphatic heterocycles. The molecule has 0 radical (unpaired) electrons. The maximum absolute atomic E-state index is 10.6. The van der Waals surface area contributed by atoms with Crippen LogP contribution in [0, 0.1) is 0 Å². The number of rotatable bonds is 7. The van der Waals surface area contributed by atoms with Gasteiger partial charge in [-0.15, -0.1) is 0 Å². The van der Waals surface area contributed by atoms with Crippen molar-refractivity contribution < 1.29 is 9.90 Å². The SMILES string of the molecule is CCCC=CCC=CCC(=O)CO. The lowest BCUT2D eigenvalue weighted by atomic mass is 10.2. The Morgan fingerprint density at radius 3 is 2.54 bits per heavy atom. The molecule has 0 saturated carbocycles. The summed E-state index contributed by atoms with van der Waals surface area (Å²) in [4.78, 5) is 10.6. The summed E-state index contributed by atoms with van der Waals surface area (Å²) in [5.41, 5.74) is 0. The van der Waals surface area contributed by atoms with E-state index < -0.39 is 0 Å². The van der Waals surface area contributed by atoms with Crippen LogP contribution < -0.4 is 0 Å². The first-order valence-corrected chi connectivity index (χ1v) is 4.73. The number of allylic oxidation sites excluding steroid dienone is 4. The van der Waals surface area contributed by atoms with E-state index in [1.165, 1.54) is 6.42 Å². The molecule has 0 spiro atoms. The monoisotopic (exact) mass is 182 g/mol. The minimum absolute atomic E-state index is 0.131. The van der Waals surface area contributed by atoms with Gasteiger partial charge in [0.1, 0.15) is 6.61 Å². The molecular formula is C11H18O2. The molecule has 74 valence electrons. The first-order chi connectivity index (χ1) is 6.31. The molecule has 0 rings (SSSR count). The van der Waals surface area contributed by atoms with Gasteiger partial charge in [-0.1, -0.05) is 37.6 Å². The average molecular weight is 182 g/mol. The molecule has 2 nitrogen and oxygen atoms in total. The lowest BCUT2D eigenvalue weighted by Gasteiger charge is -1.87. The summed E-state index contributed by atoms with van der Waals surface area (Å²) in [6.07, 6.45) is 11.5. The number of aliphatic hydroxyl groups excluding tert-OH is 1. The average Bonchev–Trinajstić information content (AvgIpc) is 2.16. The Balaban J connectivity index is 3.36. The van der Waals surface area contributed by atoms with Crippen molar-refractivity contribution in [3.63, 3.8) is 0 Å². The minimum Gasteiger partial charge on any atom is -0.389 e. The van der Waals surface area contributed by atoms with Gasteiger partial charge < -0.3 is 5.11 Å². The molecule has 2 heteroatoms. The van der Waals surface area contributed by atoms with Crippen LogP contribution in [0.15, 0.2) is 24.3 Å². The Hall–Kier alpha value is -0.890. The fraction of sp³-hybridized carbons (Fsp3) is 0.545. The van der Waals surface area contributed by atoms with E-state index in [4.69, 9.17) is 5.11 Å². The Labute approximate surface area is 80.0 Å². The van der Waals surface area contributed by atoms with Crippen LogP contribution in [0.4, 0.5) is 0 Å². The maximum atomic E-state index is 10.6. The van der Waals surface area contributed by atoms with Crippen molar-refractivity contribution >= 4 is 5.78 Å². The van der Waals surface area contributed by atoms with E-state index >= 15 is 0 Å². The summed E-state index contributed by atoms with van der Waals surface area (Å²) in [6, 6.07) is 0. The molecule has 0 amide bonds. The summed E-state index contributed by atoms with van der Waals surface area (Å²) in [5, 5.41) is 8.41. The van der Waals surface area contributed by atoms with Crippen LogP contribution >= 0.6 is 0 Å². The third-order valence-corrected chi connectivity index (χ3v) is 1.58. The summed E-state index contributed by atoms with van der Waals surface area (Å²) in [7, 11) is 0. The maximum Gasteiger partial charge on any atom is 0.161 e. The van der Waals surface area contributed by atoms with E-state index in [0.29, 0.717) is 6.42 Å². The standard InChI is InChI=1S/C11H18O2/c1-2-3-4-5-6-7-8-9-11(13)10-12/h4-5,7-8,12H,2-3,6,9-10H2,1H3. The molecule has 0 heterocycles. The summed E-state index contributed by atoms with van der Waals surface area (Å²) >= 11 is 0. The lowest BCUT2D eigenvalue weighted by molar-refractivity contribution is -0.120. The van der Waals surface area contributed by atoms with Crippen LogP contribution in [0.5, 0.6) is 0 Å². The first-order valence-electron chi connectivity index (χ1n) is 4.73. The van der Waals surface area contributed by atoms with Crippen molar-refractivity contribution in [3.05, 3.63) is 24.3 Å². The van der Waals surface area contributed by atoms with Crippen LogP contribution in [-0.4, -0.2) is 17.5 Å². The first kappa shape index (κ1) is 12.1. The van der Waals surface area contributed by atoms with E-state index in [1.54, 1.807) is 6.08 Å². The molecule has 0 aromatic heterocycles. The second kappa shape index (κ2) is 9.20. The highest BCUT2D eigenvalue weighted by molar-refractivity contribution is 5.80. The molecule has 0 aromatic rings. The Morgan fingerprint density at radius 2 is 1.92 bits per heavy atom. The molecule has 0 fully saturated rings. The summed E-state index contributed by atoms with van der Waals surface area (Å²) in [6.45, 7) is 1.79. The zero-order chi connectivity index (χ0) is 9.94. The van der Waals surface area contributed by atoms with Gasteiger partial charge in [0.2, 0.25) is 0 Å². The minimum atomic E-state index is -0.351. The molecule has 0 aliphatic rings. The van der Waals surface area contributed by atoms with Crippen LogP contribution in [0.3, 0.4) is 0 Å². The van der Waals surface area contributed by atoms with Gasteiger partial charge in [-0.2, -0.15) is 0 Å². The van der Waals surface area contributed by atoms with E-state index in [-0.39, 0.29) is 12.4 Å². The van der Waals surface area contributed by atoms with Crippen LogP contribution in [0.1, 0.15) is 32.6 Å². The van der Waals surface area contributed by atoms with Crippen molar-refractivity contribution in [1.82, 2.24) is 0 Å². The topological polar surface area (TPSA) is 37.3 Å². The highest BCUT2D eigenvalue weighted by Crippen LogP contribution is 1.93. The zero-order valence-corrected chi connectivity index (χ0v) is 8.20. The van der Waals surface area contributed by atoms with Crippen molar-refractivity contribution in [3.8, 4) is 0 Å². The van der Waals surface area contributed by atoms with Gasteiger partial charge in [0, 0.05) is 6.42 Å². The van der Waals surface area contributed by atoms with Gasteiger partial charge in [0.15, 0.2) is 5.78 Å². The highest BCUT2D eigenvalue weighted by Gasteiger charge is 1.92. The molecule has 1 N–H and O–H groups in total. The number of ketones is 1. The van der Waals surface area contributed by atoms with Crippen LogP contribution in [-0.2, 0) is 4.79 Å². The molecule has 0 atom stereocenters. The van der Waals surface area contributed by atoms with Crippen molar-refractivity contribution in [2.24, 2.45) is 0 Å². The van der Waals surface area contributed by atoms with Crippen molar-refractivity contribution in [2.75, 3.05) is 6.61 Å². The van der Waals surface area contributed by atoms with Crippen LogP contribution in [0.2, 0.25) is 0 Å². The molecule has 0 aliphatic carbocycles. The van der Waals surface area contributed by atoms with Crippen molar-refractivity contribution in [2.45, 2.75) is 32.6 Å². The third-order valence-electron chi connectivity index (χ3n) is 1.58. The fourth-order valence-corrected chi connectivity index (χ4v) is 0.835. The van der Waals surface area contributed by atoms with E-state index in [1.807, 2.05) is 6.08 Å². The third kappa shape index (κ3) is 9.02. The van der Waals surface area contributed by atoms with Gasteiger partial charge in [-0.05, 0) is 12.8 Å². The molecule has 0 unspecified atom stereocenters. The zero-order valence-electron chi connectivity index (χ0n) is 8.20. The van der Waals surface area contributed by atoms with Crippen molar-refractivity contribution in [1.29, 1.82) is 0 Å². The Kier molecular flexibility index (Phi) is 8.57. The molecule has 0 bridgehead atoms. The Morgan fingerprint density at radius 1 is 1.23 bits per heavy atom. The summed E-state index contributed by atoms with van der Waals surface area (Å²) < 4.78 is 0. The number of hydrogen-bond acceptors (Lipinski definition) is 2. The van der Waals surface area contributed by atoms with Gasteiger partial charge in [0.05, 0.1) is 0 Å². The van der Waals surface area contributed by atoms with Crippen LogP contribution in [0.25, 0.3) is 0 Å². The molecular weight excluding hydrogens is 164 g/mol. The largest absolute Gasteiger partial charge is 0.389 e. The number of carbonyl (C=O) groups excluding carboxylic acids is 1. The normalized spacial score (nSPS) is 11.5. The second-order valence-corrected chi connectivity index (χ2v) is 2.87. The molecule has 0 saturated heterocycles. The number of aliphatic hydroxyl groups is 1. The molecule has 13 heavy (non-hydrogen) atoms. The van der Waals surface area contributed by atoms with E-state index in [2.05, 4.69) is 19.1 Å². The predicted molar refractivity (Wildman–Crippen MR) is 54.5 cm³/mol. The number of unbranched alkanes of at least 4 members (excludes halogenated alkanes) is 1. The number of carbonyl (C=O) groups is 1. The Bertz CT molecular complexity index is 181. The van der Waals surface area contributed by atoms with Gasteiger partial charge in [-0.3, -0.25) is 4.79 Å². The quantitative estimate of drug-likeness (QED) is 0.613. The second-order valence-electron chi connectivity index (χ2n) is 2.87.